The minimum atomic E-state index is -3.86. The van der Waals surface area contributed by atoms with E-state index >= 15 is 0 Å². The van der Waals surface area contributed by atoms with E-state index in [9.17, 15) is 22.8 Å². The zero-order chi connectivity index (χ0) is 39.4. The van der Waals surface area contributed by atoms with Crippen LogP contribution in [0, 0.1) is 24.7 Å². The summed E-state index contributed by atoms with van der Waals surface area (Å²) in [4.78, 5) is 53.4. The molecular formula is C38H47N5O7S2. The zero-order valence-corrected chi connectivity index (χ0v) is 31.4. The molecule has 0 spiro atoms. The molecule has 0 unspecified atom stereocenters. The van der Waals surface area contributed by atoms with Crippen molar-refractivity contribution in [2.45, 2.75) is 94.9 Å². The van der Waals surface area contributed by atoms with Gasteiger partial charge < -0.3 is 19.7 Å². The first-order valence-corrected chi connectivity index (χ1v) is 20.4. The number of aromatic nitrogens is 2. The zero-order valence-electron chi connectivity index (χ0n) is 32.8. The van der Waals surface area contributed by atoms with Crippen LogP contribution in [0.25, 0.3) is 21.6 Å². The Balaban J connectivity index is 1.22. The second-order valence-electron chi connectivity index (χ2n) is 15.0. The van der Waals surface area contributed by atoms with E-state index in [4.69, 9.17) is 23.6 Å². The van der Waals surface area contributed by atoms with Gasteiger partial charge in [-0.1, -0.05) is 26.0 Å². The lowest BCUT2D eigenvalue weighted by Crippen LogP contribution is -2.54. The van der Waals surface area contributed by atoms with Crippen LogP contribution in [0.2, 0.25) is 0 Å². The number of methoxy groups -OCH3 is 1. The number of carbonyl (C=O) groups is 3. The molecule has 1 aliphatic heterocycles. The number of amides is 3. The molecular weight excluding hydrogens is 704 g/mol. The number of aryl methyl sites for hydroxylation is 1. The van der Waals surface area contributed by atoms with Crippen molar-refractivity contribution >= 4 is 50.0 Å². The van der Waals surface area contributed by atoms with E-state index in [2.05, 4.69) is 10.0 Å². The molecule has 3 fully saturated rings. The Hall–Kier alpha value is -4.04. The van der Waals surface area contributed by atoms with Crippen LogP contribution in [-0.2, 0) is 24.4 Å². The van der Waals surface area contributed by atoms with E-state index < -0.39 is 57.6 Å². The maximum Gasteiger partial charge on any atom is 0.259 e. The van der Waals surface area contributed by atoms with Gasteiger partial charge in [0.05, 0.1) is 39.4 Å². The normalized spacial score (nSPS) is 28.5. The molecule has 0 radical (unpaired) electrons. The van der Waals surface area contributed by atoms with Gasteiger partial charge in [0.2, 0.25) is 21.8 Å². The van der Waals surface area contributed by atoms with Crippen molar-refractivity contribution in [2.24, 2.45) is 17.8 Å². The highest BCUT2D eigenvalue weighted by Crippen LogP contribution is 2.47. The lowest BCUT2D eigenvalue weighted by molar-refractivity contribution is -0.140. The van der Waals surface area contributed by atoms with Crippen molar-refractivity contribution < 1.29 is 36.4 Å². The quantitative estimate of drug-likeness (QED) is 0.232. The van der Waals surface area contributed by atoms with Crippen LogP contribution in [0.1, 0.15) is 86.5 Å². The Morgan fingerprint density at radius 3 is 2.67 bits per heavy atom. The summed E-state index contributed by atoms with van der Waals surface area (Å²) in [6.07, 6.45) is 7.11. The first kappa shape index (κ1) is 32.6. The summed E-state index contributed by atoms with van der Waals surface area (Å²) in [5.74, 6) is -2.71. The molecule has 278 valence electrons. The SMILES string of the molecule is [2H][13C]([2H])([2H])Oc1ccc2c(O[C@@H]3C[C@H]4C(=O)N[C@]5(C(=O)NS(=O)(=O)C6CC6)C[C@H]5/C=C\CCCCN(C)C(=O)[C@@H]4C3)cc(-c3nc(C(C)C)cs3)nc2c1C. The average Bonchev–Trinajstić information content (AvgIpc) is 3.99. The number of carbonyl (C=O) groups excluding carboxylic acids is 3. The van der Waals surface area contributed by atoms with Gasteiger partial charge in [0.1, 0.15) is 33.8 Å². The molecule has 4 aliphatic rings. The number of nitrogens with zero attached hydrogens (tertiary/aromatic N) is 3. The fraction of sp³-hybridized carbons (Fsp3) is 0.553. The Kier molecular flexibility index (Phi) is 8.82. The summed E-state index contributed by atoms with van der Waals surface area (Å²) in [6.45, 7) is 6.33. The van der Waals surface area contributed by atoms with Crippen molar-refractivity contribution in [3.8, 4) is 22.2 Å². The predicted molar refractivity (Wildman–Crippen MR) is 199 cm³/mol. The summed E-state index contributed by atoms with van der Waals surface area (Å²) in [6, 6.07) is 5.03. The number of nitrogens with one attached hydrogen (secondary N) is 2. The minimum Gasteiger partial charge on any atom is -0.496 e. The second-order valence-corrected chi connectivity index (χ2v) is 17.8. The Labute approximate surface area is 313 Å². The highest BCUT2D eigenvalue weighted by atomic mass is 32.2. The molecule has 3 saturated carbocycles. The van der Waals surface area contributed by atoms with Crippen molar-refractivity contribution in [2.75, 3.05) is 20.6 Å². The fourth-order valence-corrected chi connectivity index (χ4v) is 9.74. The smallest absolute Gasteiger partial charge is 0.259 e. The van der Waals surface area contributed by atoms with Gasteiger partial charge in [0.25, 0.3) is 5.91 Å². The molecule has 14 heteroatoms. The molecule has 3 aromatic rings. The van der Waals surface area contributed by atoms with Crippen molar-refractivity contribution in [3.63, 3.8) is 0 Å². The largest absolute Gasteiger partial charge is 0.496 e. The van der Waals surface area contributed by atoms with Gasteiger partial charge in [-0.25, -0.2) is 18.4 Å². The maximum absolute atomic E-state index is 14.3. The number of hydrogen-bond donors (Lipinski definition) is 2. The van der Waals surface area contributed by atoms with Gasteiger partial charge >= 0.3 is 0 Å². The predicted octanol–water partition coefficient (Wildman–Crippen LogP) is 5.25. The van der Waals surface area contributed by atoms with E-state index in [1.165, 1.54) is 11.3 Å². The maximum atomic E-state index is 14.3. The number of fused-ring (bicyclic) bond motifs is 3. The van der Waals surface area contributed by atoms with E-state index in [-0.39, 0.29) is 42.8 Å². The molecule has 3 heterocycles. The van der Waals surface area contributed by atoms with Crippen LogP contribution in [0.5, 0.6) is 11.5 Å². The van der Waals surface area contributed by atoms with Gasteiger partial charge in [-0.3, -0.25) is 19.1 Å². The Morgan fingerprint density at radius 2 is 1.94 bits per heavy atom. The molecule has 2 N–H and O–H groups in total. The summed E-state index contributed by atoms with van der Waals surface area (Å²) < 4.78 is 62.9. The molecule has 52 heavy (non-hydrogen) atoms. The highest BCUT2D eigenvalue weighted by Gasteiger charge is 2.62. The second kappa shape index (κ2) is 14.1. The van der Waals surface area contributed by atoms with Crippen LogP contribution in [-0.4, -0.2) is 78.5 Å². The summed E-state index contributed by atoms with van der Waals surface area (Å²) in [5, 5.41) is 5.52. The van der Waals surface area contributed by atoms with Gasteiger partial charge in [-0.2, -0.15) is 0 Å². The van der Waals surface area contributed by atoms with Gasteiger partial charge in [-0.05, 0) is 76.3 Å². The highest BCUT2D eigenvalue weighted by molar-refractivity contribution is 7.91. The third-order valence-corrected chi connectivity index (χ3v) is 13.6. The third-order valence-electron chi connectivity index (χ3n) is 10.9. The number of benzene rings is 1. The Bertz CT molecular complexity index is 2150. The molecule has 3 amide bonds. The van der Waals surface area contributed by atoms with Gasteiger partial charge in [0.15, 0.2) is 0 Å². The summed E-state index contributed by atoms with van der Waals surface area (Å²) >= 11 is 1.43. The topological polar surface area (TPSA) is 157 Å². The lowest BCUT2D eigenvalue weighted by atomic mass is 9.93. The molecule has 0 bridgehead atoms. The number of pyridine rings is 1. The van der Waals surface area contributed by atoms with E-state index in [0.717, 1.165) is 25.0 Å². The molecule has 2 aromatic heterocycles. The minimum absolute atomic E-state index is 0.150. The number of ether oxygens (including phenoxy) is 2. The van der Waals surface area contributed by atoms with Crippen LogP contribution in [0.15, 0.2) is 35.7 Å². The van der Waals surface area contributed by atoms with Crippen molar-refractivity contribution in [1.82, 2.24) is 24.9 Å². The lowest BCUT2D eigenvalue weighted by Gasteiger charge is -2.26. The standard InChI is InChI=1S/C38H47N5O7S2/c1-21(2)30-20-51-35(40-30)29-18-32(26-13-14-31(49-5)22(3)33(26)39-29)50-24-16-27-28(17-24)36(45)43(4)15-9-7-6-8-10-23-19-38(23,41-34(27)44)37(46)42-52(47,48)25-11-12-25/h8,10,13-14,18,20-21,23-25,27-28H,6-7,9,11-12,15-17,19H2,1-5H3,(H,41,44)(H,42,46)/b10-8-/t23-,24-,27-,28-,38-/m1/s1/i5+1D3. The van der Waals surface area contributed by atoms with Crippen LogP contribution in [0.3, 0.4) is 0 Å². The van der Waals surface area contributed by atoms with Crippen LogP contribution in [0.4, 0.5) is 0 Å². The van der Waals surface area contributed by atoms with Crippen molar-refractivity contribution in [1.29, 1.82) is 0 Å². The van der Waals surface area contributed by atoms with Gasteiger partial charge in [-0.15, -0.1) is 11.3 Å². The van der Waals surface area contributed by atoms with E-state index in [0.29, 0.717) is 52.3 Å². The first-order valence-electron chi connectivity index (χ1n) is 19.5. The third kappa shape index (κ3) is 7.03. The molecule has 7 rings (SSSR count). The number of sulfonamides is 1. The molecule has 12 nitrogen and oxygen atoms in total. The number of rotatable bonds is 8. The summed E-state index contributed by atoms with van der Waals surface area (Å²) in [5.41, 5.74) is 0.930. The number of allylic oxidation sites excluding steroid dienone is 1. The molecule has 3 aliphatic carbocycles. The van der Waals surface area contributed by atoms with Crippen LogP contribution >= 0.6 is 11.3 Å². The number of thiazole rings is 1. The van der Waals surface area contributed by atoms with E-state index in [1.807, 2.05) is 31.4 Å². The summed E-state index contributed by atoms with van der Waals surface area (Å²) in [7, 11) is -4.81. The first-order chi connectivity index (χ1) is 26.0. The molecule has 1 aromatic carbocycles. The molecule has 5 atom stereocenters. The van der Waals surface area contributed by atoms with E-state index in [1.54, 1.807) is 37.1 Å². The van der Waals surface area contributed by atoms with Gasteiger partial charge in [0, 0.05) is 41.9 Å². The molecule has 0 saturated heterocycles. The monoisotopic (exact) mass is 753 g/mol. The van der Waals surface area contributed by atoms with Crippen molar-refractivity contribution in [3.05, 3.63) is 47.0 Å². The average molecular weight is 754 g/mol. The fourth-order valence-electron chi connectivity index (χ4n) is 7.44. The Morgan fingerprint density at radius 1 is 1.15 bits per heavy atom. The van der Waals surface area contributed by atoms with Crippen LogP contribution < -0.4 is 19.5 Å². The number of hydrogen-bond acceptors (Lipinski definition) is 10.